The molecular weight excluding hydrogens is 328 g/mol. The van der Waals surface area contributed by atoms with Crippen molar-refractivity contribution in [2.45, 2.75) is 30.3 Å². The van der Waals surface area contributed by atoms with E-state index in [-0.39, 0.29) is 22.1 Å². The normalized spacial score (nSPS) is 15.5. The third-order valence-corrected chi connectivity index (χ3v) is 3.92. The van der Waals surface area contributed by atoms with E-state index in [0.717, 1.165) is 17.8 Å². The number of H-pyrrole nitrogens is 2. The fourth-order valence-corrected chi connectivity index (χ4v) is 2.59. The van der Waals surface area contributed by atoms with Gasteiger partial charge in [0, 0.05) is 5.75 Å². The number of aromatic nitrogens is 2. The third kappa shape index (κ3) is 5.77. The van der Waals surface area contributed by atoms with Crippen LogP contribution in [-0.4, -0.2) is 66.8 Å². The van der Waals surface area contributed by atoms with Crippen molar-refractivity contribution in [3.05, 3.63) is 32.5 Å². The highest BCUT2D eigenvalue weighted by Crippen LogP contribution is 2.20. The van der Waals surface area contributed by atoms with Gasteiger partial charge < -0.3 is 25.4 Å². The Bertz CT molecular complexity index is 682. The summed E-state index contributed by atoms with van der Waals surface area (Å²) in [5, 5.41) is 37.3. The van der Waals surface area contributed by atoms with Gasteiger partial charge in [0.2, 0.25) is 0 Å². The molecule has 0 bridgehead atoms. The van der Waals surface area contributed by atoms with Gasteiger partial charge >= 0.3 is 5.69 Å². The summed E-state index contributed by atoms with van der Waals surface area (Å²) >= 11 is 0.851. The Kier molecular flexibility index (Phi) is 7.39. The third-order valence-electron chi connectivity index (χ3n) is 2.80. The molecule has 0 aliphatic rings. The zero-order chi connectivity index (χ0) is 17.6. The molecule has 0 fully saturated rings. The summed E-state index contributed by atoms with van der Waals surface area (Å²) in [4.78, 5) is 38.4. The quantitative estimate of drug-likeness (QED) is 0.176. The predicted molar refractivity (Wildman–Crippen MR) is 83.2 cm³/mol. The predicted octanol–water partition coefficient (Wildman–Crippen LogP) is -2.17. The zero-order valence-electron chi connectivity index (χ0n) is 12.2. The van der Waals surface area contributed by atoms with Crippen molar-refractivity contribution < 1.29 is 25.2 Å². The first-order valence-corrected chi connectivity index (χ1v) is 7.58. The maximum atomic E-state index is 11.8. The standard InChI is InChI=1S/C13H18N2O7S/c1-6(17)2-3-7-11(21)14-13(22)15-12(7)23-5-9(19)10(20)8(18)4-16/h2-3,8-10,16,18-20H,4-5H2,1H3,(H2,14,15,21,22)/b3-2+/t8-,9+,10-/m1/s1. The van der Waals surface area contributed by atoms with Gasteiger partial charge in [0.1, 0.15) is 12.2 Å². The van der Waals surface area contributed by atoms with Gasteiger partial charge in [-0.15, -0.1) is 11.8 Å². The summed E-state index contributed by atoms with van der Waals surface area (Å²) in [6.07, 6.45) is -2.13. The second kappa shape index (κ2) is 8.79. The molecule has 0 aliphatic heterocycles. The average molecular weight is 346 g/mol. The van der Waals surface area contributed by atoms with Gasteiger partial charge in [-0.2, -0.15) is 0 Å². The van der Waals surface area contributed by atoms with E-state index in [2.05, 4.69) is 4.98 Å². The molecule has 0 saturated heterocycles. The van der Waals surface area contributed by atoms with E-state index in [1.165, 1.54) is 13.0 Å². The summed E-state index contributed by atoms with van der Waals surface area (Å²) in [7, 11) is 0. The van der Waals surface area contributed by atoms with Gasteiger partial charge in [0.15, 0.2) is 5.78 Å². The van der Waals surface area contributed by atoms with E-state index in [1.54, 1.807) is 0 Å². The fourth-order valence-electron chi connectivity index (χ4n) is 1.57. The molecule has 0 aliphatic carbocycles. The van der Waals surface area contributed by atoms with Gasteiger partial charge in [-0.05, 0) is 19.1 Å². The summed E-state index contributed by atoms with van der Waals surface area (Å²) < 4.78 is 0. The Morgan fingerprint density at radius 2 is 1.87 bits per heavy atom. The lowest BCUT2D eigenvalue weighted by molar-refractivity contribution is -0.112. The molecule has 0 unspecified atom stereocenters. The Morgan fingerprint density at radius 1 is 1.22 bits per heavy atom. The van der Waals surface area contributed by atoms with E-state index in [1.807, 2.05) is 4.98 Å². The number of hydrogen-bond acceptors (Lipinski definition) is 8. The molecular formula is C13H18N2O7S. The second-order valence-electron chi connectivity index (χ2n) is 4.71. The maximum Gasteiger partial charge on any atom is 0.326 e. The molecule has 0 radical (unpaired) electrons. The monoisotopic (exact) mass is 346 g/mol. The summed E-state index contributed by atoms with van der Waals surface area (Å²) in [5.74, 6) is -0.466. The minimum Gasteiger partial charge on any atom is -0.394 e. The summed E-state index contributed by atoms with van der Waals surface area (Å²) in [5.41, 5.74) is -1.45. The fraction of sp³-hybridized carbons (Fsp3) is 0.462. The van der Waals surface area contributed by atoms with Crippen LogP contribution in [0.15, 0.2) is 20.7 Å². The molecule has 3 atom stereocenters. The molecule has 10 heteroatoms. The molecule has 6 N–H and O–H groups in total. The van der Waals surface area contributed by atoms with Crippen LogP contribution in [0.2, 0.25) is 0 Å². The molecule has 0 aromatic carbocycles. The van der Waals surface area contributed by atoms with E-state index in [9.17, 15) is 29.7 Å². The van der Waals surface area contributed by atoms with E-state index >= 15 is 0 Å². The van der Waals surface area contributed by atoms with Gasteiger partial charge in [-0.25, -0.2) is 4.79 Å². The Labute approximate surface area is 134 Å². The van der Waals surface area contributed by atoms with Crippen molar-refractivity contribution in [2.24, 2.45) is 0 Å². The average Bonchev–Trinajstić information content (AvgIpc) is 2.49. The van der Waals surface area contributed by atoms with Gasteiger partial charge in [0.05, 0.1) is 23.3 Å². The number of thioether (sulfide) groups is 1. The molecule has 128 valence electrons. The lowest BCUT2D eigenvalue weighted by atomic mass is 10.1. The number of carbonyl (C=O) groups is 1. The van der Waals surface area contributed by atoms with Crippen molar-refractivity contribution in [3.63, 3.8) is 0 Å². The van der Waals surface area contributed by atoms with Crippen LogP contribution in [0.4, 0.5) is 0 Å². The number of carbonyl (C=O) groups excluding carboxylic acids is 1. The molecule has 0 amide bonds. The lowest BCUT2D eigenvalue weighted by Gasteiger charge is -2.21. The number of ketones is 1. The molecule has 9 nitrogen and oxygen atoms in total. The first kappa shape index (κ1) is 19.3. The van der Waals surface area contributed by atoms with E-state index < -0.39 is 36.2 Å². The minimum atomic E-state index is -1.59. The largest absolute Gasteiger partial charge is 0.394 e. The van der Waals surface area contributed by atoms with Crippen LogP contribution < -0.4 is 11.2 Å². The number of nitrogens with one attached hydrogen (secondary N) is 2. The lowest BCUT2D eigenvalue weighted by Crippen LogP contribution is -2.40. The van der Waals surface area contributed by atoms with Crippen LogP contribution in [-0.2, 0) is 4.79 Å². The van der Waals surface area contributed by atoms with Crippen LogP contribution >= 0.6 is 11.8 Å². The Morgan fingerprint density at radius 3 is 2.43 bits per heavy atom. The molecule has 1 aromatic heterocycles. The molecule has 23 heavy (non-hydrogen) atoms. The molecule has 0 saturated carbocycles. The van der Waals surface area contributed by atoms with Crippen molar-refractivity contribution in [1.82, 2.24) is 9.97 Å². The zero-order valence-corrected chi connectivity index (χ0v) is 13.0. The number of aliphatic hydroxyl groups excluding tert-OH is 4. The number of hydrogen-bond donors (Lipinski definition) is 6. The van der Waals surface area contributed by atoms with Crippen LogP contribution in [0.3, 0.4) is 0 Å². The molecule has 1 aromatic rings. The summed E-state index contributed by atoms with van der Waals surface area (Å²) in [6.45, 7) is 0.566. The van der Waals surface area contributed by atoms with Crippen LogP contribution in [0.1, 0.15) is 12.5 Å². The second-order valence-corrected chi connectivity index (χ2v) is 5.74. The first-order valence-electron chi connectivity index (χ1n) is 6.59. The molecule has 1 rings (SSSR count). The van der Waals surface area contributed by atoms with Gasteiger partial charge in [-0.3, -0.25) is 14.6 Å². The highest BCUT2D eigenvalue weighted by atomic mass is 32.2. The van der Waals surface area contributed by atoms with E-state index in [0.29, 0.717) is 0 Å². The Balaban J connectivity index is 2.97. The van der Waals surface area contributed by atoms with Crippen molar-refractivity contribution in [1.29, 1.82) is 0 Å². The molecule has 1 heterocycles. The molecule has 0 spiro atoms. The maximum absolute atomic E-state index is 11.8. The highest BCUT2D eigenvalue weighted by molar-refractivity contribution is 7.99. The number of aromatic amines is 2. The number of rotatable bonds is 8. The summed E-state index contributed by atoms with van der Waals surface area (Å²) in [6, 6.07) is 0. The minimum absolute atomic E-state index is 0.0224. The van der Waals surface area contributed by atoms with Crippen molar-refractivity contribution >= 4 is 23.6 Å². The number of aliphatic hydroxyl groups is 4. The SMILES string of the molecule is CC(=O)/C=C/c1c(SC[C@H](O)[C@H](O)[C@H](O)CO)[nH]c(=O)[nH]c1=O. The Hall–Kier alpha value is -1.72. The van der Waals surface area contributed by atoms with E-state index in [4.69, 9.17) is 5.11 Å². The van der Waals surface area contributed by atoms with Crippen molar-refractivity contribution in [3.8, 4) is 0 Å². The highest BCUT2D eigenvalue weighted by Gasteiger charge is 2.24. The van der Waals surface area contributed by atoms with Crippen molar-refractivity contribution in [2.75, 3.05) is 12.4 Å². The number of allylic oxidation sites excluding steroid dienone is 1. The van der Waals surface area contributed by atoms with Crippen LogP contribution in [0.25, 0.3) is 6.08 Å². The van der Waals surface area contributed by atoms with Crippen LogP contribution in [0.5, 0.6) is 0 Å². The van der Waals surface area contributed by atoms with Gasteiger partial charge in [-0.1, -0.05) is 0 Å². The van der Waals surface area contributed by atoms with Gasteiger partial charge in [0.25, 0.3) is 5.56 Å². The smallest absolute Gasteiger partial charge is 0.326 e. The topological polar surface area (TPSA) is 164 Å². The first-order chi connectivity index (χ1) is 10.8. The van der Waals surface area contributed by atoms with Crippen LogP contribution in [0, 0.1) is 0 Å².